The predicted molar refractivity (Wildman–Crippen MR) is 95.4 cm³/mol. The van der Waals surface area contributed by atoms with Crippen molar-refractivity contribution >= 4 is 34.1 Å². The number of nitro groups is 1. The number of rotatable bonds is 7. The zero-order valence-electron chi connectivity index (χ0n) is 14.1. The molecule has 27 heavy (non-hydrogen) atoms. The molecule has 0 radical (unpaired) electrons. The SMILES string of the molecule is CC[S@@](=O)c1ccccc1C(=O)OCC(=O)Nc1ccc(F)c([N+](=O)[O-])c1. The Hall–Kier alpha value is -3.14. The van der Waals surface area contributed by atoms with Gasteiger partial charge in [0.25, 0.3) is 5.91 Å². The summed E-state index contributed by atoms with van der Waals surface area (Å²) in [6.07, 6.45) is 0. The van der Waals surface area contributed by atoms with E-state index in [2.05, 4.69) is 5.32 Å². The lowest BCUT2D eigenvalue weighted by atomic mass is 10.2. The zero-order valence-corrected chi connectivity index (χ0v) is 15.0. The molecule has 10 heteroatoms. The van der Waals surface area contributed by atoms with Crippen LogP contribution in [0.25, 0.3) is 0 Å². The Balaban J connectivity index is 2.02. The molecular weight excluding hydrogens is 379 g/mol. The number of amides is 1. The third kappa shape index (κ3) is 5.17. The molecule has 0 heterocycles. The van der Waals surface area contributed by atoms with Crippen molar-refractivity contribution in [2.24, 2.45) is 0 Å². The second kappa shape index (κ2) is 8.99. The fraction of sp³-hybridized carbons (Fsp3) is 0.176. The van der Waals surface area contributed by atoms with Crippen molar-refractivity contribution in [1.82, 2.24) is 0 Å². The van der Waals surface area contributed by atoms with Gasteiger partial charge in [-0.05, 0) is 24.3 Å². The van der Waals surface area contributed by atoms with Gasteiger partial charge in [-0.15, -0.1) is 0 Å². The van der Waals surface area contributed by atoms with Crippen LogP contribution in [0.1, 0.15) is 17.3 Å². The van der Waals surface area contributed by atoms with Crippen LogP contribution in [0, 0.1) is 15.9 Å². The number of halogens is 1. The van der Waals surface area contributed by atoms with Crippen LogP contribution in [-0.2, 0) is 20.3 Å². The van der Waals surface area contributed by atoms with Crippen LogP contribution in [0.15, 0.2) is 47.4 Å². The summed E-state index contributed by atoms with van der Waals surface area (Å²) in [5.74, 6) is -2.32. The number of anilines is 1. The molecule has 2 aromatic rings. The monoisotopic (exact) mass is 394 g/mol. The average Bonchev–Trinajstić information content (AvgIpc) is 2.66. The summed E-state index contributed by atoms with van der Waals surface area (Å²) in [6.45, 7) is 1.03. The van der Waals surface area contributed by atoms with Crippen LogP contribution in [0.5, 0.6) is 0 Å². The summed E-state index contributed by atoms with van der Waals surface area (Å²) in [4.78, 5) is 34.1. The Bertz CT molecular complexity index is 918. The lowest BCUT2D eigenvalue weighted by Crippen LogP contribution is -2.21. The number of ether oxygens (including phenoxy) is 1. The standard InChI is InChI=1S/C17H15FN2O6S/c1-2-27(25)15-6-4-3-5-12(15)17(22)26-10-16(21)19-11-7-8-13(18)14(9-11)20(23)24/h3-9H,2,10H2,1H3,(H,19,21)/t27-/m1/s1. The third-order valence-corrected chi connectivity index (χ3v) is 4.75. The molecule has 0 aliphatic heterocycles. The van der Waals surface area contributed by atoms with Gasteiger partial charge in [0.2, 0.25) is 5.82 Å². The quantitative estimate of drug-likeness (QED) is 0.438. The smallest absolute Gasteiger partial charge is 0.339 e. The van der Waals surface area contributed by atoms with Gasteiger partial charge in [-0.1, -0.05) is 19.1 Å². The number of carbonyl (C=O) groups is 2. The topological polar surface area (TPSA) is 116 Å². The molecule has 0 saturated carbocycles. The molecule has 1 N–H and O–H groups in total. The number of nitro benzene ring substituents is 1. The highest BCUT2D eigenvalue weighted by Crippen LogP contribution is 2.21. The molecule has 0 aromatic heterocycles. The van der Waals surface area contributed by atoms with Gasteiger partial charge in [-0.25, -0.2) is 4.79 Å². The minimum Gasteiger partial charge on any atom is -0.452 e. The fourth-order valence-corrected chi connectivity index (χ4v) is 3.06. The van der Waals surface area contributed by atoms with Crippen LogP contribution < -0.4 is 5.32 Å². The number of benzene rings is 2. The summed E-state index contributed by atoms with van der Waals surface area (Å²) in [5.41, 5.74) is -0.722. The van der Waals surface area contributed by atoms with Gasteiger partial charge in [-0.2, -0.15) is 4.39 Å². The highest BCUT2D eigenvalue weighted by molar-refractivity contribution is 7.85. The van der Waals surface area contributed by atoms with E-state index in [4.69, 9.17) is 4.74 Å². The van der Waals surface area contributed by atoms with Crippen LogP contribution in [-0.4, -0.2) is 33.4 Å². The Morgan fingerprint density at radius 1 is 1.26 bits per heavy atom. The summed E-state index contributed by atoms with van der Waals surface area (Å²) in [5, 5.41) is 13.0. The van der Waals surface area contributed by atoms with E-state index in [0.29, 0.717) is 10.6 Å². The molecule has 0 aliphatic rings. The van der Waals surface area contributed by atoms with Crippen LogP contribution in [0.4, 0.5) is 15.8 Å². The Morgan fingerprint density at radius 3 is 2.63 bits per heavy atom. The van der Waals surface area contributed by atoms with Crippen molar-refractivity contribution in [2.45, 2.75) is 11.8 Å². The van der Waals surface area contributed by atoms with Crippen molar-refractivity contribution in [3.8, 4) is 0 Å². The second-order valence-electron chi connectivity index (χ2n) is 5.18. The highest BCUT2D eigenvalue weighted by atomic mass is 32.2. The number of hydrogen-bond acceptors (Lipinski definition) is 6. The van der Waals surface area contributed by atoms with Gasteiger partial charge in [0.15, 0.2) is 6.61 Å². The third-order valence-electron chi connectivity index (χ3n) is 3.38. The number of esters is 1. The van der Waals surface area contributed by atoms with E-state index >= 15 is 0 Å². The maximum atomic E-state index is 13.3. The van der Waals surface area contributed by atoms with E-state index < -0.39 is 45.7 Å². The molecule has 2 rings (SSSR count). The largest absolute Gasteiger partial charge is 0.452 e. The lowest BCUT2D eigenvalue weighted by molar-refractivity contribution is -0.387. The van der Waals surface area contributed by atoms with Gasteiger partial charge in [-0.3, -0.25) is 19.1 Å². The molecule has 8 nitrogen and oxygen atoms in total. The van der Waals surface area contributed by atoms with Crippen molar-refractivity contribution in [1.29, 1.82) is 0 Å². The molecule has 2 aromatic carbocycles. The van der Waals surface area contributed by atoms with Gasteiger partial charge in [0.05, 0.1) is 26.2 Å². The van der Waals surface area contributed by atoms with Gasteiger partial charge < -0.3 is 10.1 Å². The van der Waals surface area contributed by atoms with E-state index in [9.17, 15) is 28.3 Å². The first-order valence-electron chi connectivity index (χ1n) is 7.71. The van der Waals surface area contributed by atoms with E-state index in [0.717, 1.165) is 18.2 Å². The highest BCUT2D eigenvalue weighted by Gasteiger charge is 2.18. The van der Waals surface area contributed by atoms with Crippen LogP contribution in [0.2, 0.25) is 0 Å². The maximum Gasteiger partial charge on any atom is 0.339 e. The molecule has 1 atom stereocenters. The first kappa shape index (κ1) is 20.2. The molecule has 1 amide bonds. The summed E-state index contributed by atoms with van der Waals surface area (Å²) >= 11 is 0. The first-order chi connectivity index (χ1) is 12.8. The summed E-state index contributed by atoms with van der Waals surface area (Å²) in [7, 11) is -1.38. The second-order valence-corrected chi connectivity index (χ2v) is 6.89. The minimum absolute atomic E-state index is 0.0170. The normalized spacial score (nSPS) is 11.5. The number of nitrogens with zero attached hydrogens (tertiary/aromatic N) is 1. The van der Waals surface area contributed by atoms with E-state index in [-0.39, 0.29) is 11.3 Å². The van der Waals surface area contributed by atoms with E-state index in [1.807, 2.05) is 0 Å². The zero-order chi connectivity index (χ0) is 20.0. The molecule has 0 bridgehead atoms. The minimum atomic E-state index is -1.38. The lowest BCUT2D eigenvalue weighted by Gasteiger charge is -2.09. The van der Waals surface area contributed by atoms with Gasteiger partial charge in [0, 0.05) is 17.5 Å². The Morgan fingerprint density at radius 2 is 1.96 bits per heavy atom. The Kier molecular flexibility index (Phi) is 6.72. The van der Waals surface area contributed by atoms with Crippen molar-refractivity contribution < 1.29 is 27.8 Å². The number of carbonyl (C=O) groups excluding carboxylic acids is 2. The van der Waals surface area contributed by atoms with E-state index in [1.54, 1.807) is 19.1 Å². The molecule has 0 fully saturated rings. The van der Waals surface area contributed by atoms with Crippen molar-refractivity contribution in [3.63, 3.8) is 0 Å². The molecule has 142 valence electrons. The maximum absolute atomic E-state index is 13.3. The molecule has 0 spiro atoms. The molecule has 0 unspecified atom stereocenters. The van der Waals surface area contributed by atoms with Crippen molar-refractivity contribution in [2.75, 3.05) is 17.7 Å². The van der Waals surface area contributed by atoms with Crippen LogP contribution >= 0.6 is 0 Å². The van der Waals surface area contributed by atoms with Gasteiger partial charge in [0.1, 0.15) is 0 Å². The van der Waals surface area contributed by atoms with Gasteiger partial charge >= 0.3 is 11.7 Å². The van der Waals surface area contributed by atoms with E-state index in [1.165, 1.54) is 12.1 Å². The first-order valence-corrected chi connectivity index (χ1v) is 9.03. The molecule has 0 aliphatic carbocycles. The average molecular weight is 394 g/mol. The van der Waals surface area contributed by atoms with Crippen LogP contribution in [0.3, 0.4) is 0 Å². The number of hydrogen-bond donors (Lipinski definition) is 1. The van der Waals surface area contributed by atoms with Crippen molar-refractivity contribution in [3.05, 3.63) is 64.0 Å². The molecule has 0 saturated heterocycles. The summed E-state index contributed by atoms with van der Waals surface area (Å²) in [6, 6.07) is 9.02. The summed E-state index contributed by atoms with van der Waals surface area (Å²) < 4.78 is 30.2. The number of nitrogens with one attached hydrogen (secondary N) is 1. The fourth-order valence-electron chi connectivity index (χ4n) is 2.13. The molecular formula is C17H15FN2O6S. The predicted octanol–water partition coefficient (Wildman–Crippen LogP) is 2.66. The Labute approximate surface area is 155 Å².